The van der Waals surface area contributed by atoms with Gasteiger partial charge in [-0.2, -0.15) is 25.3 Å². The number of carboxylic acid groups (broad SMARTS) is 2. The van der Waals surface area contributed by atoms with E-state index in [1.165, 1.54) is 0 Å². The average molecular weight is 909 g/mol. The van der Waals surface area contributed by atoms with Gasteiger partial charge in [-0.15, -0.1) is 0 Å². The molecule has 0 saturated heterocycles. The van der Waals surface area contributed by atoms with Crippen LogP contribution in [0.2, 0.25) is 0 Å². The highest BCUT2D eigenvalue weighted by Crippen LogP contribution is 2.11. The number of carboxylic acids is 2. The van der Waals surface area contributed by atoms with Gasteiger partial charge < -0.3 is 69.3 Å². The fourth-order valence-corrected chi connectivity index (χ4v) is 5.51. The van der Waals surface area contributed by atoms with Gasteiger partial charge in [0.2, 0.25) is 53.2 Å². The Labute approximate surface area is 363 Å². The zero-order chi connectivity index (χ0) is 47.0. The fourth-order valence-electron chi connectivity index (χ4n) is 5.10. The van der Waals surface area contributed by atoms with Crippen molar-refractivity contribution < 1.29 is 68.1 Å². The Kier molecular flexibility index (Phi) is 26.6. The number of thiol groups is 2. The summed E-state index contributed by atoms with van der Waals surface area (Å²) < 4.78 is 0. The SMILES string of the molecule is CC[C@H](C)[C@H](NC(=O)[C@H](CCC(=O)O)NC(=O)[C@H](CCC(N)=O)NC(=O)CNC(=O)[C@@H](N)CS)C(=O)N[C@@H](CO)C(=O)NCC(=O)N[C@@H](CC(C)C)C(=O)N[C@@H](CS)C(=O)O. The van der Waals surface area contributed by atoms with E-state index in [2.05, 4.69) is 67.8 Å². The van der Waals surface area contributed by atoms with E-state index in [-0.39, 0.29) is 36.7 Å². The number of primary amides is 1. The first-order chi connectivity index (χ1) is 28.5. The van der Waals surface area contributed by atoms with Gasteiger partial charge in [0.1, 0.15) is 36.3 Å². The molecule has 0 bridgehead atoms. The van der Waals surface area contributed by atoms with Gasteiger partial charge in [0.15, 0.2) is 0 Å². The van der Waals surface area contributed by atoms with Crippen LogP contribution in [0.25, 0.3) is 0 Å². The monoisotopic (exact) mass is 908 g/mol. The summed E-state index contributed by atoms with van der Waals surface area (Å²) in [6.45, 7) is 4.34. The van der Waals surface area contributed by atoms with Gasteiger partial charge in [-0.25, -0.2) is 4.79 Å². The average Bonchev–Trinajstić information content (AvgIpc) is 3.20. The van der Waals surface area contributed by atoms with Gasteiger partial charge >= 0.3 is 11.9 Å². The van der Waals surface area contributed by atoms with Crippen molar-refractivity contribution in [2.75, 3.05) is 31.2 Å². The lowest BCUT2D eigenvalue weighted by atomic mass is 9.97. The third-order valence-corrected chi connectivity index (χ3v) is 9.51. The van der Waals surface area contributed by atoms with E-state index in [9.17, 15) is 68.1 Å². The van der Waals surface area contributed by atoms with Crippen LogP contribution in [0.15, 0.2) is 0 Å². The number of hydrogen-bond acceptors (Lipinski definition) is 15. The maximum Gasteiger partial charge on any atom is 0.327 e. The van der Waals surface area contributed by atoms with Crippen molar-refractivity contribution in [1.29, 1.82) is 0 Å². The highest BCUT2D eigenvalue weighted by atomic mass is 32.1. The van der Waals surface area contributed by atoms with Crippen LogP contribution in [0.1, 0.15) is 66.2 Å². The highest BCUT2D eigenvalue weighted by Gasteiger charge is 2.34. The lowest BCUT2D eigenvalue weighted by molar-refractivity contribution is -0.141. The predicted molar refractivity (Wildman–Crippen MR) is 222 cm³/mol. The summed E-state index contributed by atoms with van der Waals surface area (Å²) in [5.41, 5.74) is 10.8. The van der Waals surface area contributed by atoms with E-state index < -0.39 is 152 Å². The first kappa shape index (κ1) is 55.8. The van der Waals surface area contributed by atoms with Gasteiger partial charge in [0.05, 0.1) is 25.7 Å². The molecule has 0 heterocycles. The normalized spacial score (nSPS) is 14.8. The molecule has 0 aliphatic rings. The largest absolute Gasteiger partial charge is 0.481 e. The summed E-state index contributed by atoms with van der Waals surface area (Å²) in [5.74, 6) is -12.1. The van der Waals surface area contributed by atoms with Gasteiger partial charge in [-0.05, 0) is 31.1 Å². The number of carbonyl (C=O) groups is 11. The molecule has 26 heteroatoms. The smallest absolute Gasteiger partial charge is 0.327 e. The standard InChI is InChI=1S/C35H60N10O14S2/c1-5-17(4)28(34(57)43-22(13-46)30(53)39-12-26(49)41-21(10-16(2)3)33(56)44-23(15-61)35(58)59)45-32(55)20(7-9-27(50)51)42-31(54)19(6-8-24(37)47)40-25(48)11-38-29(52)18(36)14-60/h16-23,28,46,60-61H,5-15,36H2,1-4H3,(H2,37,47)(H,38,52)(H,39,53)(H,40,48)(H,41,49)(H,42,54)(H,43,57)(H,44,56)(H,45,55)(H,50,51)(H,58,59)/t17-,18-,19-,20-,21-,22-,23-,28-/m0/s1. The lowest BCUT2D eigenvalue weighted by Crippen LogP contribution is -2.60. The summed E-state index contributed by atoms with van der Waals surface area (Å²) >= 11 is 7.79. The van der Waals surface area contributed by atoms with Crippen LogP contribution in [0, 0.1) is 11.8 Å². The Bertz CT molecular complexity index is 1570. The molecule has 0 aliphatic carbocycles. The van der Waals surface area contributed by atoms with Gasteiger partial charge in [0.25, 0.3) is 0 Å². The van der Waals surface area contributed by atoms with Crippen LogP contribution in [0.3, 0.4) is 0 Å². The molecule has 0 radical (unpaired) electrons. The van der Waals surface area contributed by atoms with Crippen LogP contribution in [0.4, 0.5) is 0 Å². The number of amides is 9. The van der Waals surface area contributed by atoms with Crippen molar-refractivity contribution >= 4 is 90.4 Å². The van der Waals surface area contributed by atoms with E-state index in [1.54, 1.807) is 27.7 Å². The van der Waals surface area contributed by atoms with Crippen LogP contribution in [0.5, 0.6) is 0 Å². The minimum Gasteiger partial charge on any atom is -0.481 e. The molecule has 0 rings (SSSR count). The van der Waals surface area contributed by atoms with Crippen molar-refractivity contribution in [3.8, 4) is 0 Å². The van der Waals surface area contributed by atoms with E-state index in [1.807, 2.05) is 0 Å². The topological polar surface area (TPSA) is 397 Å². The minimum absolute atomic E-state index is 0.0326. The number of rotatable bonds is 30. The molecule has 346 valence electrons. The molecule has 15 N–H and O–H groups in total. The lowest BCUT2D eigenvalue weighted by Gasteiger charge is -2.28. The zero-order valence-corrected chi connectivity index (χ0v) is 36.1. The maximum absolute atomic E-state index is 13.6. The molecule has 0 fully saturated rings. The van der Waals surface area contributed by atoms with E-state index in [0.29, 0.717) is 0 Å². The molecule has 0 saturated carbocycles. The molecule has 0 aliphatic heterocycles. The molecular weight excluding hydrogens is 849 g/mol. The molecule has 61 heavy (non-hydrogen) atoms. The molecule has 0 aromatic carbocycles. The van der Waals surface area contributed by atoms with Gasteiger partial charge in [-0.1, -0.05) is 34.1 Å². The zero-order valence-electron chi connectivity index (χ0n) is 34.4. The summed E-state index contributed by atoms with van der Waals surface area (Å²) in [6, 6.07) is -9.86. The molecule has 0 unspecified atom stereocenters. The third-order valence-electron chi connectivity index (χ3n) is 8.76. The van der Waals surface area contributed by atoms with Crippen LogP contribution in [-0.4, -0.2) is 154 Å². The maximum atomic E-state index is 13.6. The Hall–Kier alpha value is -5.21. The molecular formula is C35H60N10O14S2. The van der Waals surface area contributed by atoms with Gasteiger partial charge in [-0.3, -0.25) is 47.9 Å². The summed E-state index contributed by atoms with van der Waals surface area (Å²) in [6.07, 6.45) is -1.60. The van der Waals surface area contributed by atoms with Crippen molar-refractivity contribution in [2.45, 2.75) is 109 Å². The van der Waals surface area contributed by atoms with Crippen LogP contribution in [-0.2, 0) is 52.7 Å². The molecule has 8 atom stereocenters. The molecule has 9 amide bonds. The summed E-state index contributed by atoms with van der Waals surface area (Å²) in [7, 11) is 0. The Morgan fingerprint density at radius 3 is 1.54 bits per heavy atom. The summed E-state index contributed by atoms with van der Waals surface area (Å²) in [5, 5.41) is 47.0. The third kappa shape index (κ3) is 22.3. The quantitative estimate of drug-likeness (QED) is 0.0299. The van der Waals surface area contributed by atoms with Crippen LogP contribution < -0.4 is 54.0 Å². The van der Waals surface area contributed by atoms with Crippen molar-refractivity contribution in [3.05, 3.63) is 0 Å². The Balaban J connectivity index is 6.01. The predicted octanol–water partition coefficient (Wildman–Crippen LogP) is -5.39. The Morgan fingerprint density at radius 1 is 0.590 bits per heavy atom. The molecule has 0 spiro atoms. The second kappa shape index (κ2) is 29.1. The minimum atomic E-state index is -1.68. The Morgan fingerprint density at radius 2 is 1.07 bits per heavy atom. The van der Waals surface area contributed by atoms with Gasteiger partial charge in [0, 0.05) is 24.3 Å². The molecule has 0 aromatic rings. The fraction of sp³-hybridized carbons (Fsp3) is 0.686. The first-order valence-corrected chi connectivity index (χ1v) is 20.4. The molecule has 24 nitrogen and oxygen atoms in total. The number of carbonyl (C=O) groups excluding carboxylic acids is 9. The number of nitrogens with two attached hydrogens (primary N) is 2. The summed E-state index contributed by atoms with van der Waals surface area (Å²) in [4.78, 5) is 138. The van der Waals surface area contributed by atoms with Crippen LogP contribution >= 0.6 is 25.3 Å². The second-order valence-electron chi connectivity index (χ2n) is 14.3. The number of hydrogen-bond donors (Lipinski definition) is 15. The number of aliphatic hydroxyl groups is 1. The van der Waals surface area contributed by atoms with Crippen molar-refractivity contribution in [3.63, 3.8) is 0 Å². The van der Waals surface area contributed by atoms with E-state index >= 15 is 0 Å². The van der Waals surface area contributed by atoms with E-state index in [0.717, 1.165) is 0 Å². The van der Waals surface area contributed by atoms with E-state index in [4.69, 9.17) is 11.5 Å². The number of aliphatic carboxylic acids is 2. The number of aliphatic hydroxyl groups excluding tert-OH is 1. The van der Waals surface area contributed by atoms with Crippen molar-refractivity contribution in [1.82, 2.24) is 42.5 Å². The molecule has 0 aromatic heterocycles. The number of nitrogens with one attached hydrogen (secondary N) is 8. The van der Waals surface area contributed by atoms with Crippen molar-refractivity contribution in [2.24, 2.45) is 23.3 Å². The highest BCUT2D eigenvalue weighted by molar-refractivity contribution is 7.80. The second-order valence-corrected chi connectivity index (χ2v) is 15.0. The first-order valence-electron chi connectivity index (χ1n) is 19.2.